The van der Waals surface area contributed by atoms with Crippen molar-refractivity contribution in [3.63, 3.8) is 0 Å². The Bertz CT molecular complexity index is 588. The lowest BCUT2D eigenvalue weighted by Gasteiger charge is -2.32. The van der Waals surface area contributed by atoms with Gasteiger partial charge in [-0.05, 0) is 25.0 Å². The zero-order valence-electron chi connectivity index (χ0n) is 13.9. The number of carbonyl (C=O) groups is 1. The normalized spacial score (nSPS) is 25.7. The third-order valence-corrected chi connectivity index (χ3v) is 6.74. The summed E-state index contributed by atoms with van der Waals surface area (Å²) in [4.78, 5) is 15.3. The van der Waals surface area contributed by atoms with Crippen LogP contribution >= 0.6 is 11.8 Å². The van der Waals surface area contributed by atoms with Crippen LogP contribution in [0.15, 0.2) is 0 Å². The van der Waals surface area contributed by atoms with E-state index in [9.17, 15) is 4.79 Å². The summed E-state index contributed by atoms with van der Waals surface area (Å²) in [6.45, 7) is 1.99. The van der Waals surface area contributed by atoms with Crippen molar-refractivity contribution in [2.24, 2.45) is 7.05 Å². The molecule has 3 heterocycles. The zero-order chi connectivity index (χ0) is 15.8. The highest BCUT2D eigenvalue weighted by Crippen LogP contribution is 2.29. The molecule has 126 valence electrons. The second kappa shape index (κ2) is 6.48. The fourth-order valence-electron chi connectivity index (χ4n) is 4.24. The lowest BCUT2D eigenvalue weighted by atomic mass is 10.0. The van der Waals surface area contributed by atoms with Crippen LogP contribution in [0.5, 0.6) is 0 Å². The molecule has 1 saturated heterocycles. The maximum absolute atomic E-state index is 12.7. The fraction of sp³-hybridized carbons (Fsp3) is 0.765. The van der Waals surface area contributed by atoms with E-state index in [-0.39, 0.29) is 5.91 Å². The van der Waals surface area contributed by atoms with Gasteiger partial charge in [0.1, 0.15) is 0 Å². The van der Waals surface area contributed by atoms with Gasteiger partial charge in [-0.15, -0.1) is 0 Å². The lowest BCUT2D eigenvalue weighted by molar-refractivity contribution is 0.0929. The van der Waals surface area contributed by atoms with Gasteiger partial charge in [0, 0.05) is 55.7 Å². The Morgan fingerprint density at radius 1 is 1.30 bits per heavy atom. The van der Waals surface area contributed by atoms with Crippen LogP contribution in [0.3, 0.4) is 0 Å². The number of rotatable bonds is 3. The average molecular weight is 334 g/mol. The number of thioether (sulfide) groups is 1. The first-order valence-corrected chi connectivity index (χ1v) is 10.1. The van der Waals surface area contributed by atoms with E-state index in [0.717, 1.165) is 32.4 Å². The molecule has 0 radical (unpaired) electrons. The van der Waals surface area contributed by atoms with Gasteiger partial charge in [-0.1, -0.05) is 12.8 Å². The van der Waals surface area contributed by atoms with Gasteiger partial charge in [-0.2, -0.15) is 16.9 Å². The van der Waals surface area contributed by atoms with Crippen LogP contribution in [-0.2, 0) is 20.0 Å². The zero-order valence-corrected chi connectivity index (χ0v) is 14.7. The van der Waals surface area contributed by atoms with Gasteiger partial charge >= 0.3 is 0 Å². The Labute approximate surface area is 142 Å². The fourth-order valence-corrected chi connectivity index (χ4v) is 5.50. The van der Waals surface area contributed by atoms with Crippen molar-refractivity contribution >= 4 is 17.7 Å². The number of hydrogen-bond donors (Lipinski definition) is 1. The Morgan fingerprint density at radius 3 is 2.87 bits per heavy atom. The molecule has 1 amide bonds. The second-order valence-electron chi connectivity index (χ2n) is 7.09. The minimum Gasteiger partial charge on any atom is -0.348 e. The topological polar surface area (TPSA) is 50.2 Å². The molecule has 1 saturated carbocycles. The van der Waals surface area contributed by atoms with Crippen LogP contribution in [0.4, 0.5) is 0 Å². The third-order valence-electron chi connectivity index (χ3n) is 5.60. The first kappa shape index (κ1) is 15.5. The number of aromatic nitrogens is 2. The molecule has 2 fully saturated rings. The molecule has 0 bridgehead atoms. The van der Waals surface area contributed by atoms with Gasteiger partial charge in [-0.3, -0.25) is 14.4 Å². The molecule has 1 atom stereocenters. The van der Waals surface area contributed by atoms with E-state index < -0.39 is 0 Å². The molecule has 0 spiro atoms. The number of fused-ring (bicyclic) bond motifs is 1. The Balaban J connectivity index is 1.53. The first-order chi connectivity index (χ1) is 11.2. The first-order valence-electron chi connectivity index (χ1n) is 8.90. The van der Waals surface area contributed by atoms with E-state index in [1.807, 2.05) is 11.7 Å². The summed E-state index contributed by atoms with van der Waals surface area (Å²) in [5.41, 5.74) is 3.10. The monoisotopic (exact) mass is 334 g/mol. The van der Waals surface area contributed by atoms with Crippen molar-refractivity contribution < 1.29 is 4.79 Å². The minimum atomic E-state index is 0.0383. The Hall–Kier alpha value is -1.01. The van der Waals surface area contributed by atoms with E-state index >= 15 is 0 Å². The second-order valence-corrected chi connectivity index (χ2v) is 8.24. The Morgan fingerprint density at radius 2 is 2.13 bits per heavy atom. The van der Waals surface area contributed by atoms with E-state index in [1.165, 1.54) is 42.0 Å². The molecule has 1 aromatic rings. The summed E-state index contributed by atoms with van der Waals surface area (Å²) < 4.78 is 1.93. The van der Waals surface area contributed by atoms with Gasteiger partial charge < -0.3 is 5.32 Å². The van der Waals surface area contributed by atoms with Crippen LogP contribution in [0, 0.1) is 0 Å². The van der Waals surface area contributed by atoms with E-state index in [1.54, 1.807) is 0 Å². The van der Waals surface area contributed by atoms with Crippen LogP contribution in [0.1, 0.15) is 53.8 Å². The van der Waals surface area contributed by atoms with Gasteiger partial charge in [0.05, 0.1) is 0 Å². The molecule has 1 aromatic heterocycles. The third kappa shape index (κ3) is 3.03. The maximum Gasteiger partial charge on any atom is 0.272 e. The molecule has 1 unspecified atom stereocenters. The number of hydrogen-bond acceptors (Lipinski definition) is 4. The summed E-state index contributed by atoms with van der Waals surface area (Å²) in [5, 5.41) is 7.77. The van der Waals surface area contributed by atoms with Crippen LogP contribution in [0.2, 0.25) is 0 Å². The quantitative estimate of drug-likeness (QED) is 0.918. The number of carbonyl (C=O) groups excluding carboxylic acids is 1. The van der Waals surface area contributed by atoms with Crippen molar-refractivity contribution in [1.82, 2.24) is 20.0 Å². The van der Waals surface area contributed by atoms with Gasteiger partial charge in [0.25, 0.3) is 5.91 Å². The molecule has 6 heteroatoms. The Kier molecular flexibility index (Phi) is 4.37. The summed E-state index contributed by atoms with van der Waals surface area (Å²) in [7, 11) is 1.98. The minimum absolute atomic E-state index is 0.0383. The van der Waals surface area contributed by atoms with E-state index in [2.05, 4.69) is 27.1 Å². The van der Waals surface area contributed by atoms with Gasteiger partial charge in [0.15, 0.2) is 5.69 Å². The maximum atomic E-state index is 12.7. The van der Waals surface area contributed by atoms with Gasteiger partial charge in [-0.25, -0.2) is 0 Å². The predicted octanol–water partition coefficient (Wildman–Crippen LogP) is 1.96. The molecule has 1 aliphatic carbocycles. The summed E-state index contributed by atoms with van der Waals surface area (Å²) in [6.07, 6.45) is 7.00. The molecular formula is C17H26N4OS. The largest absolute Gasteiger partial charge is 0.348 e. The summed E-state index contributed by atoms with van der Waals surface area (Å²) in [6, 6.07) is 1.03. The van der Waals surface area contributed by atoms with Crippen LogP contribution in [-0.4, -0.2) is 50.7 Å². The molecule has 1 N–H and O–H groups in total. The molecule has 23 heavy (non-hydrogen) atoms. The summed E-state index contributed by atoms with van der Waals surface area (Å²) in [5.74, 6) is 2.55. The van der Waals surface area contributed by atoms with Crippen LogP contribution < -0.4 is 5.32 Å². The molecule has 0 aromatic carbocycles. The molecule has 5 nitrogen and oxygen atoms in total. The smallest absolute Gasteiger partial charge is 0.272 e. The average Bonchev–Trinajstić information content (AvgIpc) is 3.28. The number of aryl methyl sites for hydroxylation is 1. The molecule has 3 aliphatic rings. The number of nitrogens with zero attached hydrogens (tertiary/aromatic N) is 3. The highest BCUT2D eigenvalue weighted by molar-refractivity contribution is 7.99. The molecular weight excluding hydrogens is 308 g/mol. The van der Waals surface area contributed by atoms with Crippen LogP contribution in [0.25, 0.3) is 0 Å². The SMILES string of the molecule is Cn1nc(C(=O)NC2CCCC2)c2c1CCN(C1CCSC1)C2. The lowest BCUT2D eigenvalue weighted by Crippen LogP contribution is -2.40. The van der Waals surface area contributed by atoms with Crippen molar-refractivity contribution in [1.29, 1.82) is 0 Å². The van der Waals surface area contributed by atoms with Crippen molar-refractivity contribution in [3.05, 3.63) is 17.0 Å². The van der Waals surface area contributed by atoms with Crippen molar-refractivity contribution in [2.45, 2.75) is 57.2 Å². The van der Waals surface area contributed by atoms with Crippen molar-refractivity contribution in [2.75, 3.05) is 18.1 Å². The number of nitrogens with one attached hydrogen (secondary N) is 1. The number of amides is 1. The molecule has 4 rings (SSSR count). The summed E-state index contributed by atoms with van der Waals surface area (Å²) >= 11 is 2.05. The standard InChI is InChI=1S/C17H26N4OS/c1-20-15-6-8-21(13-7-9-23-11-13)10-14(15)16(19-20)17(22)18-12-4-2-3-5-12/h12-13H,2-11H2,1H3,(H,18,22). The highest BCUT2D eigenvalue weighted by Gasteiger charge is 2.32. The highest BCUT2D eigenvalue weighted by atomic mass is 32.2. The van der Waals surface area contributed by atoms with E-state index in [0.29, 0.717) is 17.8 Å². The van der Waals surface area contributed by atoms with E-state index in [4.69, 9.17) is 0 Å². The van der Waals surface area contributed by atoms with Gasteiger partial charge in [0.2, 0.25) is 0 Å². The predicted molar refractivity (Wildman–Crippen MR) is 92.8 cm³/mol. The van der Waals surface area contributed by atoms with Crippen molar-refractivity contribution in [3.8, 4) is 0 Å². The molecule has 2 aliphatic heterocycles.